The summed E-state index contributed by atoms with van der Waals surface area (Å²) in [5, 5.41) is 0. The lowest BCUT2D eigenvalue weighted by Gasteiger charge is -2.26. The van der Waals surface area contributed by atoms with E-state index < -0.39 is 10.0 Å². The van der Waals surface area contributed by atoms with E-state index in [2.05, 4.69) is 13.8 Å². The first-order valence-electron chi connectivity index (χ1n) is 7.56. The van der Waals surface area contributed by atoms with E-state index in [4.69, 9.17) is 11.6 Å². The molecule has 1 heterocycles. The van der Waals surface area contributed by atoms with Crippen molar-refractivity contribution >= 4 is 21.6 Å². The largest absolute Gasteiger partial charge is 0.218 e. The first-order chi connectivity index (χ1) is 9.94. The average molecular weight is 330 g/mol. The van der Waals surface area contributed by atoms with Crippen LogP contribution >= 0.6 is 11.6 Å². The minimum absolute atomic E-state index is 0.0707. The van der Waals surface area contributed by atoms with Gasteiger partial charge in [-0.15, -0.1) is 11.6 Å². The lowest BCUT2D eigenvalue weighted by Crippen LogP contribution is -2.32. The van der Waals surface area contributed by atoms with Gasteiger partial charge in [-0.2, -0.15) is 0 Å². The van der Waals surface area contributed by atoms with Crippen LogP contribution < -0.4 is 0 Å². The fourth-order valence-electron chi connectivity index (χ4n) is 3.06. The number of benzene rings is 1. The second-order valence-corrected chi connectivity index (χ2v) is 8.24. The van der Waals surface area contributed by atoms with Crippen molar-refractivity contribution in [1.82, 2.24) is 4.31 Å². The van der Waals surface area contributed by atoms with Crippen LogP contribution in [0.1, 0.15) is 44.2 Å². The van der Waals surface area contributed by atoms with Gasteiger partial charge in [-0.25, -0.2) is 12.7 Å². The molecule has 1 aliphatic rings. The van der Waals surface area contributed by atoms with Crippen molar-refractivity contribution in [2.75, 3.05) is 13.1 Å². The molecule has 0 atom stereocenters. The number of hydrogen-bond acceptors (Lipinski definition) is 2. The summed E-state index contributed by atoms with van der Waals surface area (Å²) in [4.78, 5) is 0. The van der Waals surface area contributed by atoms with Gasteiger partial charge in [0.15, 0.2) is 0 Å². The van der Waals surface area contributed by atoms with Gasteiger partial charge < -0.3 is 0 Å². The van der Waals surface area contributed by atoms with E-state index in [1.165, 1.54) is 0 Å². The van der Waals surface area contributed by atoms with Gasteiger partial charge in [0.05, 0.1) is 5.75 Å². The Morgan fingerprint density at radius 3 is 2.48 bits per heavy atom. The highest BCUT2D eigenvalue weighted by molar-refractivity contribution is 7.88. The molecule has 5 heteroatoms. The first kappa shape index (κ1) is 16.8. The second kappa shape index (κ2) is 6.67. The maximum absolute atomic E-state index is 12.6. The van der Waals surface area contributed by atoms with Crippen molar-refractivity contribution in [3.8, 4) is 0 Å². The Labute approximate surface area is 133 Å². The predicted molar refractivity (Wildman–Crippen MR) is 87.8 cm³/mol. The number of alkyl halides is 1. The van der Waals surface area contributed by atoms with Crippen LogP contribution in [0.4, 0.5) is 0 Å². The van der Waals surface area contributed by atoms with E-state index in [9.17, 15) is 8.42 Å². The SMILES string of the molecule is CCC1(CC)CCN(S(=O)(=O)Cc2cccc(CCl)c2)C1. The molecule has 0 radical (unpaired) electrons. The van der Waals surface area contributed by atoms with E-state index in [1.807, 2.05) is 24.3 Å². The van der Waals surface area contributed by atoms with Gasteiger partial charge in [-0.05, 0) is 35.8 Å². The molecule has 0 saturated carbocycles. The fourth-order valence-corrected chi connectivity index (χ4v) is 4.85. The molecule has 1 aromatic rings. The Morgan fingerprint density at radius 2 is 1.90 bits per heavy atom. The predicted octanol–water partition coefficient (Wildman–Crippen LogP) is 3.77. The molecule has 0 N–H and O–H groups in total. The molecule has 0 spiro atoms. The van der Waals surface area contributed by atoms with E-state index in [1.54, 1.807) is 4.31 Å². The van der Waals surface area contributed by atoms with Crippen LogP contribution in [0.5, 0.6) is 0 Å². The number of nitrogens with zero attached hydrogens (tertiary/aromatic N) is 1. The van der Waals surface area contributed by atoms with Crippen LogP contribution in [-0.2, 0) is 21.7 Å². The van der Waals surface area contributed by atoms with Crippen LogP contribution in [0.2, 0.25) is 0 Å². The van der Waals surface area contributed by atoms with Gasteiger partial charge in [0.2, 0.25) is 10.0 Å². The van der Waals surface area contributed by atoms with Gasteiger partial charge >= 0.3 is 0 Å². The molecular formula is C16H24ClNO2S. The van der Waals surface area contributed by atoms with Gasteiger partial charge in [-0.1, -0.05) is 38.1 Å². The third kappa shape index (κ3) is 3.79. The molecule has 0 aliphatic carbocycles. The lowest BCUT2D eigenvalue weighted by molar-refractivity contribution is 0.279. The molecule has 1 aromatic carbocycles. The molecule has 1 saturated heterocycles. The number of rotatable bonds is 6. The van der Waals surface area contributed by atoms with Gasteiger partial charge in [0, 0.05) is 19.0 Å². The zero-order valence-corrected chi connectivity index (χ0v) is 14.4. The van der Waals surface area contributed by atoms with Gasteiger partial charge in [-0.3, -0.25) is 0 Å². The maximum Gasteiger partial charge on any atom is 0.218 e. The summed E-state index contributed by atoms with van der Waals surface area (Å²) in [5.41, 5.74) is 1.95. The molecule has 118 valence electrons. The molecule has 2 rings (SSSR count). The standard InChI is InChI=1S/C16H24ClNO2S/c1-3-16(4-2)8-9-18(13-16)21(19,20)12-15-7-5-6-14(10-15)11-17/h5-7,10H,3-4,8-9,11-13H2,1-2H3. The highest BCUT2D eigenvalue weighted by Gasteiger charge is 2.39. The van der Waals surface area contributed by atoms with Crippen LogP contribution in [0.15, 0.2) is 24.3 Å². The van der Waals surface area contributed by atoms with Crippen molar-refractivity contribution in [2.24, 2.45) is 5.41 Å². The summed E-state index contributed by atoms with van der Waals surface area (Å²) in [5.74, 6) is 0.480. The Bertz CT molecular complexity index is 582. The highest BCUT2D eigenvalue weighted by Crippen LogP contribution is 2.38. The summed E-state index contributed by atoms with van der Waals surface area (Å²) < 4.78 is 26.9. The average Bonchev–Trinajstić information content (AvgIpc) is 2.93. The molecule has 0 unspecified atom stereocenters. The molecule has 21 heavy (non-hydrogen) atoms. The van der Waals surface area contributed by atoms with Crippen LogP contribution in [0.25, 0.3) is 0 Å². The Morgan fingerprint density at radius 1 is 1.24 bits per heavy atom. The number of hydrogen-bond donors (Lipinski definition) is 0. The van der Waals surface area contributed by atoms with Crippen LogP contribution in [0, 0.1) is 5.41 Å². The minimum atomic E-state index is -3.24. The lowest BCUT2D eigenvalue weighted by atomic mass is 9.82. The fraction of sp³-hybridized carbons (Fsp3) is 0.625. The summed E-state index contributed by atoms with van der Waals surface area (Å²) >= 11 is 5.81. The Balaban J connectivity index is 2.12. The van der Waals surface area contributed by atoms with E-state index in [0.717, 1.165) is 30.4 Å². The van der Waals surface area contributed by atoms with Crippen LogP contribution in [-0.4, -0.2) is 25.8 Å². The summed E-state index contributed by atoms with van der Waals surface area (Å²) in [6.07, 6.45) is 3.05. The molecule has 1 fully saturated rings. The molecule has 0 bridgehead atoms. The summed E-state index contributed by atoms with van der Waals surface area (Å²) in [7, 11) is -3.24. The van der Waals surface area contributed by atoms with Crippen molar-refractivity contribution in [3.63, 3.8) is 0 Å². The summed E-state index contributed by atoms with van der Waals surface area (Å²) in [6, 6.07) is 7.52. The topological polar surface area (TPSA) is 37.4 Å². The molecule has 0 aromatic heterocycles. The van der Waals surface area contributed by atoms with Crippen molar-refractivity contribution in [1.29, 1.82) is 0 Å². The highest BCUT2D eigenvalue weighted by atomic mass is 35.5. The van der Waals surface area contributed by atoms with Crippen LogP contribution in [0.3, 0.4) is 0 Å². The zero-order valence-electron chi connectivity index (χ0n) is 12.8. The van der Waals surface area contributed by atoms with Crippen molar-refractivity contribution in [3.05, 3.63) is 35.4 Å². The Hall–Kier alpha value is -0.580. The molecule has 0 amide bonds. The third-order valence-electron chi connectivity index (χ3n) is 4.79. The Kier molecular flexibility index (Phi) is 5.33. The van der Waals surface area contributed by atoms with E-state index >= 15 is 0 Å². The van der Waals surface area contributed by atoms with Gasteiger partial charge in [0.1, 0.15) is 0 Å². The minimum Gasteiger partial charge on any atom is -0.212 e. The molecule has 3 nitrogen and oxygen atoms in total. The smallest absolute Gasteiger partial charge is 0.212 e. The third-order valence-corrected chi connectivity index (χ3v) is 6.90. The van der Waals surface area contributed by atoms with E-state index in [0.29, 0.717) is 19.0 Å². The summed E-state index contributed by atoms with van der Waals surface area (Å²) in [6.45, 7) is 5.63. The second-order valence-electron chi connectivity index (χ2n) is 6.00. The first-order valence-corrected chi connectivity index (χ1v) is 9.70. The van der Waals surface area contributed by atoms with Crippen molar-refractivity contribution < 1.29 is 8.42 Å². The zero-order chi connectivity index (χ0) is 15.5. The molecule has 1 aliphatic heterocycles. The molecular weight excluding hydrogens is 306 g/mol. The van der Waals surface area contributed by atoms with E-state index in [-0.39, 0.29) is 11.2 Å². The monoisotopic (exact) mass is 329 g/mol. The normalized spacial score (nSPS) is 19.0. The quantitative estimate of drug-likeness (QED) is 0.745. The number of sulfonamides is 1. The number of halogens is 1. The van der Waals surface area contributed by atoms with Crippen molar-refractivity contribution in [2.45, 2.75) is 44.7 Å². The maximum atomic E-state index is 12.6. The van der Waals surface area contributed by atoms with Gasteiger partial charge in [0.25, 0.3) is 0 Å².